The second-order valence-electron chi connectivity index (χ2n) is 7.66. The van der Waals surface area contributed by atoms with Gasteiger partial charge in [-0.2, -0.15) is 5.10 Å². The normalized spacial score (nSPS) is 19.5. The molecule has 2 aromatic heterocycles. The smallest absolute Gasteiger partial charge is 0.251 e. The number of nitrogens with one attached hydrogen (secondary N) is 1. The maximum atomic E-state index is 12.6. The molecule has 3 heterocycles. The minimum atomic E-state index is -0.122. The lowest BCUT2D eigenvalue weighted by Gasteiger charge is -2.35. The molecule has 4 rings (SSSR count). The molecule has 1 saturated heterocycles. The maximum absolute atomic E-state index is 12.6. The Bertz CT molecular complexity index is 964. The largest absolute Gasteiger partial charge is 0.373 e. The molecule has 156 valence electrons. The van der Waals surface area contributed by atoms with Crippen molar-refractivity contribution in [2.24, 2.45) is 0 Å². The van der Waals surface area contributed by atoms with Crippen molar-refractivity contribution < 1.29 is 9.53 Å². The van der Waals surface area contributed by atoms with Gasteiger partial charge in [0.05, 0.1) is 12.2 Å². The SMILES string of the molecule is C[C@H]1CN(Cc2ccc(C(=O)NCc3cccnc3-n3cncn3)cc2)C[C@H](C)O1. The van der Waals surface area contributed by atoms with Crippen LogP contribution in [0.2, 0.25) is 0 Å². The third-order valence-electron chi connectivity index (χ3n) is 5.06. The highest BCUT2D eigenvalue weighted by molar-refractivity contribution is 5.94. The molecular weight excluding hydrogens is 380 g/mol. The third-order valence-corrected chi connectivity index (χ3v) is 5.06. The van der Waals surface area contributed by atoms with Crippen molar-refractivity contribution in [3.63, 3.8) is 0 Å². The Morgan fingerprint density at radius 3 is 2.63 bits per heavy atom. The van der Waals surface area contributed by atoms with E-state index in [4.69, 9.17) is 4.74 Å². The van der Waals surface area contributed by atoms with E-state index < -0.39 is 0 Å². The van der Waals surface area contributed by atoms with Crippen molar-refractivity contribution in [2.45, 2.75) is 39.1 Å². The molecule has 1 N–H and O–H groups in total. The fourth-order valence-corrected chi connectivity index (χ4v) is 3.80. The van der Waals surface area contributed by atoms with Crippen molar-refractivity contribution in [2.75, 3.05) is 13.1 Å². The molecule has 0 bridgehead atoms. The van der Waals surface area contributed by atoms with Crippen LogP contribution >= 0.6 is 0 Å². The number of hydrogen-bond donors (Lipinski definition) is 1. The van der Waals surface area contributed by atoms with Crippen LogP contribution in [0.5, 0.6) is 0 Å². The lowest BCUT2D eigenvalue weighted by molar-refractivity contribution is -0.0704. The molecule has 1 aromatic carbocycles. The zero-order chi connectivity index (χ0) is 20.9. The first kappa shape index (κ1) is 20.2. The van der Waals surface area contributed by atoms with Crippen molar-refractivity contribution in [1.29, 1.82) is 0 Å². The second-order valence-corrected chi connectivity index (χ2v) is 7.66. The number of amides is 1. The lowest BCUT2D eigenvalue weighted by atomic mass is 10.1. The van der Waals surface area contributed by atoms with E-state index in [0.717, 1.165) is 25.2 Å². The molecule has 3 aromatic rings. The molecule has 0 radical (unpaired) electrons. The Morgan fingerprint density at radius 1 is 1.17 bits per heavy atom. The number of aromatic nitrogens is 4. The molecule has 1 aliphatic heterocycles. The number of benzene rings is 1. The summed E-state index contributed by atoms with van der Waals surface area (Å²) >= 11 is 0. The average molecular weight is 406 g/mol. The van der Waals surface area contributed by atoms with Crippen molar-refractivity contribution in [3.05, 3.63) is 71.9 Å². The first-order chi connectivity index (χ1) is 14.6. The molecule has 0 saturated carbocycles. The van der Waals surface area contributed by atoms with Gasteiger partial charge in [-0.25, -0.2) is 14.6 Å². The van der Waals surface area contributed by atoms with Gasteiger partial charge in [-0.05, 0) is 37.6 Å². The van der Waals surface area contributed by atoms with Crippen molar-refractivity contribution >= 4 is 5.91 Å². The van der Waals surface area contributed by atoms with Crippen LogP contribution in [0.4, 0.5) is 0 Å². The number of morpholine rings is 1. The van der Waals surface area contributed by atoms with Crippen molar-refractivity contribution in [1.82, 2.24) is 30.0 Å². The van der Waals surface area contributed by atoms with Gasteiger partial charge in [0.1, 0.15) is 12.7 Å². The van der Waals surface area contributed by atoms with Crippen LogP contribution in [0, 0.1) is 0 Å². The van der Waals surface area contributed by atoms with Crippen LogP contribution < -0.4 is 5.32 Å². The first-order valence-electron chi connectivity index (χ1n) is 10.1. The van der Waals surface area contributed by atoms with Crippen LogP contribution in [0.3, 0.4) is 0 Å². The van der Waals surface area contributed by atoms with E-state index >= 15 is 0 Å². The lowest BCUT2D eigenvalue weighted by Crippen LogP contribution is -2.44. The van der Waals surface area contributed by atoms with E-state index in [1.807, 2.05) is 36.4 Å². The Kier molecular flexibility index (Phi) is 6.15. The topological polar surface area (TPSA) is 85.2 Å². The van der Waals surface area contributed by atoms with Gasteiger partial charge in [-0.1, -0.05) is 18.2 Å². The predicted molar refractivity (Wildman–Crippen MR) is 112 cm³/mol. The van der Waals surface area contributed by atoms with E-state index in [-0.39, 0.29) is 18.1 Å². The first-order valence-corrected chi connectivity index (χ1v) is 10.1. The van der Waals surface area contributed by atoms with Gasteiger partial charge in [-0.3, -0.25) is 9.69 Å². The van der Waals surface area contributed by atoms with Crippen LogP contribution in [-0.4, -0.2) is 55.9 Å². The van der Waals surface area contributed by atoms with E-state index in [2.05, 4.69) is 39.1 Å². The summed E-state index contributed by atoms with van der Waals surface area (Å²) in [4.78, 5) is 23.3. The Morgan fingerprint density at radius 2 is 1.93 bits per heavy atom. The molecule has 8 nitrogen and oxygen atoms in total. The Balaban J connectivity index is 1.36. The zero-order valence-electron chi connectivity index (χ0n) is 17.2. The van der Waals surface area contributed by atoms with Crippen LogP contribution in [0.15, 0.2) is 55.2 Å². The summed E-state index contributed by atoms with van der Waals surface area (Å²) in [5, 5.41) is 7.08. The molecule has 1 amide bonds. The summed E-state index contributed by atoms with van der Waals surface area (Å²) in [6.07, 6.45) is 5.22. The Hall–Kier alpha value is -3.10. The highest BCUT2D eigenvalue weighted by Gasteiger charge is 2.22. The zero-order valence-corrected chi connectivity index (χ0v) is 17.2. The van der Waals surface area contributed by atoms with E-state index in [1.54, 1.807) is 17.2 Å². The fraction of sp³-hybridized carbons (Fsp3) is 0.364. The molecule has 2 atom stereocenters. The summed E-state index contributed by atoms with van der Waals surface area (Å²) in [7, 11) is 0. The number of carbonyl (C=O) groups is 1. The third kappa shape index (κ3) is 4.90. The highest BCUT2D eigenvalue weighted by Crippen LogP contribution is 2.15. The molecule has 8 heteroatoms. The highest BCUT2D eigenvalue weighted by atomic mass is 16.5. The van der Waals surface area contributed by atoms with E-state index in [0.29, 0.717) is 17.9 Å². The summed E-state index contributed by atoms with van der Waals surface area (Å²) in [6.45, 7) is 7.26. The molecule has 0 spiro atoms. The van der Waals surface area contributed by atoms with Gasteiger partial charge < -0.3 is 10.1 Å². The number of hydrogen-bond acceptors (Lipinski definition) is 6. The van der Waals surface area contributed by atoms with E-state index in [9.17, 15) is 4.79 Å². The van der Waals surface area contributed by atoms with Gasteiger partial charge in [0.15, 0.2) is 5.82 Å². The minimum absolute atomic E-state index is 0.122. The summed E-state index contributed by atoms with van der Waals surface area (Å²) in [5.41, 5.74) is 2.69. The monoisotopic (exact) mass is 406 g/mol. The standard InChI is InChI=1S/C22H26N6O2/c1-16-11-27(12-17(2)30-16)13-18-5-7-19(8-6-18)22(29)25-10-20-4-3-9-24-21(20)28-15-23-14-26-28/h3-9,14-17H,10-13H2,1-2H3,(H,25,29)/t16-,17-/m0/s1. The Labute approximate surface area is 175 Å². The number of ether oxygens (including phenoxy) is 1. The minimum Gasteiger partial charge on any atom is -0.373 e. The molecule has 1 fully saturated rings. The van der Waals surface area contributed by atoms with Gasteiger partial charge in [0.2, 0.25) is 0 Å². The number of nitrogens with zero attached hydrogens (tertiary/aromatic N) is 5. The quantitative estimate of drug-likeness (QED) is 0.676. The summed E-state index contributed by atoms with van der Waals surface area (Å²) < 4.78 is 7.38. The molecule has 0 aliphatic carbocycles. The number of rotatable bonds is 6. The van der Waals surface area contributed by atoms with Crippen molar-refractivity contribution in [3.8, 4) is 5.82 Å². The van der Waals surface area contributed by atoms with Gasteiger partial charge >= 0.3 is 0 Å². The molecule has 30 heavy (non-hydrogen) atoms. The van der Waals surface area contributed by atoms with Crippen LogP contribution in [-0.2, 0) is 17.8 Å². The predicted octanol–water partition coefficient (Wildman–Crippen LogP) is 2.20. The van der Waals surface area contributed by atoms with Crippen LogP contribution in [0.25, 0.3) is 5.82 Å². The van der Waals surface area contributed by atoms with Crippen LogP contribution in [0.1, 0.15) is 35.3 Å². The molecular formula is C22H26N6O2. The number of carbonyl (C=O) groups excluding carboxylic acids is 1. The number of pyridine rings is 1. The van der Waals surface area contributed by atoms with Gasteiger partial charge in [-0.15, -0.1) is 0 Å². The summed E-state index contributed by atoms with van der Waals surface area (Å²) in [6, 6.07) is 11.5. The second kappa shape index (κ2) is 9.15. The van der Waals surface area contributed by atoms with E-state index in [1.165, 1.54) is 11.9 Å². The maximum Gasteiger partial charge on any atom is 0.251 e. The van der Waals surface area contributed by atoms with Gasteiger partial charge in [0, 0.05) is 43.5 Å². The average Bonchev–Trinajstić information content (AvgIpc) is 3.27. The fourth-order valence-electron chi connectivity index (χ4n) is 3.80. The molecule has 1 aliphatic rings. The van der Waals surface area contributed by atoms with Gasteiger partial charge in [0.25, 0.3) is 5.91 Å². The molecule has 0 unspecified atom stereocenters. The summed E-state index contributed by atoms with van der Waals surface area (Å²) in [5.74, 6) is 0.531.